The molecule has 0 atom stereocenters. The van der Waals surface area contributed by atoms with Crippen molar-refractivity contribution in [1.82, 2.24) is 4.57 Å². The number of aliphatic carboxylic acids is 2. The minimum Gasteiger partial charge on any atom is -0.480 e. The Morgan fingerprint density at radius 1 is 1.22 bits per heavy atom. The number of aromatic nitrogens is 1. The molecule has 2 rings (SSSR count). The van der Waals surface area contributed by atoms with E-state index in [0.29, 0.717) is 17.5 Å². The fourth-order valence-electron chi connectivity index (χ4n) is 2.14. The molecule has 0 aliphatic carbocycles. The lowest BCUT2D eigenvalue weighted by Gasteiger charge is -2.05. The summed E-state index contributed by atoms with van der Waals surface area (Å²) in [4.78, 5) is 22.2. The Bertz CT molecular complexity index is 600. The minimum absolute atomic E-state index is 0.326. The summed E-state index contributed by atoms with van der Waals surface area (Å²) >= 11 is 0. The monoisotopic (exact) mass is 247 g/mol. The van der Waals surface area contributed by atoms with Gasteiger partial charge in [0.15, 0.2) is 5.92 Å². The number of fused-ring (bicyclic) bond motifs is 1. The number of carbonyl (C=O) groups is 2. The van der Waals surface area contributed by atoms with Gasteiger partial charge in [-0.25, -0.2) is 0 Å². The van der Waals surface area contributed by atoms with Crippen LogP contribution in [0.1, 0.15) is 18.4 Å². The van der Waals surface area contributed by atoms with Crippen molar-refractivity contribution in [2.75, 3.05) is 0 Å². The maximum absolute atomic E-state index is 11.1. The van der Waals surface area contributed by atoms with E-state index >= 15 is 0 Å². The molecule has 2 N–H and O–H groups in total. The summed E-state index contributed by atoms with van der Waals surface area (Å²) in [6.45, 7) is 2.58. The number of hydrogen-bond acceptors (Lipinski definition) is 2. The molecule has 0 aliphatic heterocycles. The molecule has 0 bridgehead atoms. The third kappa shape index (κ3) is 1.84. The first-order valence-corrected chi connectivity index (χ1v) is 5.59. The van der Waals surface area contributed by atoms with E-state index in [1.165, 1.54) is 0 Å². The van der Waals surface area contributed by atoms with Crippen LogP contribution in [0.4, 0.5) is 0 Å². The van der Waals surface area contributed by atoms with Gasteiger partial charge >= 0.3 is 11.9 Å². The Morgan fingerprint density at radius 2 is 1.83 bits per heavy atom. The predicted molar refractivity (Wildman–Crippen MR) is 65.6 cm³/mol. The van der Waals surface area contributed by atoms with Gasteiger partial charge in [0.2, 0.25) is 0 Å². The Kier molecular flexibility index (Phi) is 3.06. The first-order valence-electron chi connectivity index (χ1n) is 5.59. The van der Waals surface area contributed by atoms with E-state index in [2.05, 4.69) is 0 Å². The molecule has 0 radical (unpaired) electrons. The minimum atomic E-state index is -1.53. The molecule has 0 aliphatic rings. The van der Waals surface area contributed by atoms with Crippen LogP contribution in [0.25, 0.3) is 10.9 Å². The summed E-state index contributed by atoms with van der Waals surface area (Å²) in [5.41, 5.74) is 1.18. The lowest BCUT2D eigenvalue weighted by atomic mass is 9.99. The van der Waals surface area contributed by atoms with Crippen LogP contribution in [0.15, 0.2) is 30.5 Å². The summed E-state index contributed by atoms with van der Waals surface area (Å²) in [5, 5.41) is 18.8. The number of nitrogens with zero attached hydrogens (tertiary/aromatic N) is 1. The number of para-hydroxylation sites is 1. The lowest BCUT2D eigenvalue weighted by Crippen LogP contribution is -2.20. The molecule has 94 valence electrons. The normalized spacial score (nSPS) is 11.0. The summed E-state index contributed by atoms with van der Waals surface area (Å²) in [7, 11) is 0. The second kappa shape index (κ2) is 4.52. The standard InChI is InChI=1S/C13H13NO4/c1-2-14-7-9(11(12(15)16)13(17)18)8-5-3-4-6-10(8)14/h3-7,11H,2H2,1H3,(H,15,16)(H,17,18). The highest BCUT2D eigenvalue weighted by Crippen LogP contribution is 2.28. The molecular weight excluding hydrogens is 234 g/mol. The molecule has 5 nitrogen and oxygen atoms in total. The number of hydrogen-bond donors (Lipinski definition) is 2. The van der Waals surface area contributed by atoms with E-state index in [1.807, 2.05) is 23.6 Å². The number of aryl methyl sites for hydroxylation is 1. The summed E-state index contributed by atoms with van der Waals surface area (Å²) in [5.74, 6) is -4.22. The van der Waals surface area contributed by atoms with Crippen molar-refractivity contribution in [3.63, 3.8) is 0 Å². The third-order valence-electron chi connectivity index (χ3n) is 2.96. The predicted octanol–water partition coefficient (Wildman–Crippen LogP) is 1.91. The van der Waals surface area contributed by atoms with Gasteiger partial charge in [0, 0.05) is 29.2 Å². The van der Waals surface area contributed by atoms with E-state index in [4.69, 9.17) is 10.2 Å². The molecule has 1 aromatic carbocycles. The molecule has 0 fully saturated rings. The number of carboxylic acids is 2. The molecule has 0 amide bonds. The SMILES string of the molecule is CCn1cc(C(C(=O)O)C(=O)O)c2ccccc21. The summed E-state index contributed by atoms with van der Waals surface area (Å²) in [6.07, 6.45) is 1.61. The van der Waals surface area contributed by atoms with Crippen LogP contribution in [-0.4, -0.2) is 26.7 Å². The quantitative estimate of drug-likeness (QED) is 0.809. The average molecular weight is 247 g/mol. The highest BCUT2D eigenvalue weighted by atomic mass is 16.4. The summed E-state index contributed by atoms with van der Waals surface area (Å²) in [6, 6.07) is 7.21. The second-order valence-electron chi connectivity index (χ2n) is 4.00. The van der Waals surface area contributed by atoms with Gasteiger partial charge in [0.25, 0.3) is 0 Å². The van der Waals surface area contributed by atoms with Crippen molar-refractivity contribution in [2.45, 2.75) is 19.4 Å². The molecule has 0 unspecified atom stereocenters. The van der Waals surface area contributed by atoms with Gasteiger partial charge in [-0.15, -0.1) is 0 Å². The Morgan fingerprint density at radius 3 is 2.39 bits per heavy atom. The van der Waals surface area contributed by atoms with Crippen molar-refractivity contribution in [1.29, 1.82) is 0 Å². The molecule has 5 heteroatoms. The topological polar surface area (TPSA) is 79.5 Å². The van der Waals surface area contributed by atoms with E-state index in [0.717, 1.165) is 5.52 Å². The van der Waals surface area contributed by atoms with Crippen molar-refractivity contribution < 1.29 is 19.8 Å². The third-order valence-corrected chi connectivity index (χ3v) is 2.96. The number of rotatable bonds is 4. The van der Waals surface area contributed by atoms with Crippen molar-refractivity contribution in [3.8, 4) is 0 Å². The molecule has 1 aromatic heterocycles. The Labute approximate surface area is 103 Å². The second-order valence-corrected chi connectivity index (χ2v) is 4.00. The van der Waals surface area contributed by atoms with Crippen LogP contribution in [-0.2, 0) is 16.1 Å². The summed E-state index contributed by atoms with van der Waals surface area (Å²) < 4.78 is 1.85. The zero-order valence-electron chi connectivity index (χ0n) is 9.83. The van der Waals surface area contributed by atoms with E-state index in [-0.39, 0.29) is 0 Å². The maximum Gasteiger partial charge on any atom is 0.322 e. The van der Waals surface area contributed by atoms with E-state index in [1.54, 1.807) is 18.3 Å². The van der Waals surface area contributed by atoms with Crippen molar-refractivity contribution in [2.24, 2.45) is 0 Å². The largest absolute Gasteiger partial charge is 0.480 e. The van der Waals surface area contributed by atoms with Gasteiger partial charge in [0.05, 0.1) is 0 Å². The molecule has 1 heterocycles. The Hall–Kier alpha value is -2.30. The molecule has 18 heavy (non-hydrogen) atoms. The van der Waals surface area contributed by atoms with Crippen LogP contribution >= 0.6 is 0 Å². The molecular formula is C13H13NO4. The zero-order chi connectivity index (χ0) is 13.3. The van der Waals surface area contributed by atoms with Gasteiger partial charge in [-0.05, 0) is 13.0 Å². The van der Waals surface area contributed by atoms with Gasteiger partial charge in [-0.3, -0.25) is 9.59 Å². The zero-order valence-corrected chi connectivity index (χ0v) is 9.83. The van der Waals surface area contributed by atoms with E-state index in [9.17, 15) is 9.59 Å². The molecule has 0 saturated heterocycles. The first kappa shape index (κ1) is 12.2. The van der Waals surface area contributed by atoms with Crippen molar-refractivity contribution >= 4 is 22.8 Å². The van der Waals surface area contributed by atoms with E-state index < -0.39 is 17.9 Å². The lowest BCUT2D eigenvalue weighted by molar-refractivity contribution is -0.149. The average Bonchev–Trinajstić information content (AvgIpc) is 2.67. The van der Waals surface area contributed by atoms with Crippen LogP contribution in [0.2, 0.25) is 0 Å². The highest BCUT2D eigenvalue weighted by Gasteiger charge is 2.30. The fraction of sp³-hybridized carbons (Fsp3) is 0.231. The van der Waals surface area contributed by atoms with Gasteiger partial charge in [-0.2, -0.15) is 0 Å². The Balaban J connectivity index is 2.70. The van der Waals surface area contributed by atoms with Gasteiger partial charge in [-0.1, -0.05) is 18.2 Å². The molecule has 0 saturated carbocycles. The fourth-order valence-corrected chi connectivity index (χ4v) is 2.14. The van der Waals surface area contributed by atoms with Crippen LogP contribution < -0.4 is 0 Å². The number of carboxylic acid groups (broad SMARTS) is 2. The van der Waals surface area contributed by atoms with Gasteiger partial charge < -0.3 is 14.8 Å². The first-order chi connectivity index (χ1) is 8.56. The molecule has 0 spiro atoms. The highest BCUT2D eigenvalue weighted by molar-refractivity contribution is 6.03. The number of benzene rings is 1. The molecule has 2 aromatic rings. The van der Waals surface area contributed by atoms with Crippen LogP contribution in [0, 0.1) is 0 Å². The maximum atomic E-state index is 11.1. The van der Waals surface area contributed by atoms with Crippen LogP contribution in [0.3, 0.4) is 0 Å². The van der Waals surface area contributed by atoms with Crippen molar-refractivity contribution in [3.05, 3.63) is 36.0 Å². The van der Waals surface area contributed by atoms with Crippen LogP contribution in [0.5, 0.6) is 0 Å². The van der Waals surface area contributed by atoms with Gasteiger partial charge in [0.1, 0.15) is 0 Å². The smallest absolute Gasteiger partial charge is 0.322 e.